The topological polar surface area (TPSA) is 66.5 Å². The van der Waals surface area contributed by atoms with Crippen LogP contribution in [0.5, 0.6) is 0 Å². The Kier molecular flexibility index (Phi) is 4.73. The molecule has 1 heterocycles. The first-order chi connectivity index (χ1) is 7.42. The average Bonchev–Trinajstić information content (AvgIpc) is 2.18. The van der Waals surface area contributed by atoms with Gasteiger partial charge in [-0.1, -0.05) is 13.8 Å². The molecule has 0 radical (unpaired) electrons. The summed E-state index contributed by atoms with van der Waals surface area (Å²) in [6.45, 7) is 5.02. The third kappa shape index (κ3) is 4.09. The molecule has 0 bridgehead atoms. The highest BCUT2D eigenvalue weighted by Gasteiger charge is 2.27. The van der Waals surface area contributed by atoms with Gasteiger partial charge in [0.15, 0.2) is 0 Å². The summed E-state index contributed by atoms with van der Waals surface area (Å²) in [7, 11) is -3.18. The lowest BCUT2D eigenvalue weighted by Crippen LogP contribution is -2.44. The first-order valence-corrected chi connectivity index (χ1v) is 7.27. The molecule has 0 spiro atoms. The quantitative estimate of drug-likeness (QED) is 0.772. The highest BCUT2D eigenvalue weighted by Crippen LogP contribution is 2.12. The Balaban J connectivity index is 2.43. The first-order valence-electron chi connectivity index (χ1n) is 5.66. The minimum Gasteiger partial charge on any atom is -0.355 e. The smallest absolute Gasteiger partial charge is 0.235 e. The van der Waals surface area contributed by atoms with E-state index in [1.54, 1.807) is 0 Å². The van der Waals surface area contributed by atoms with Gasteiger partial charge in [0.1, 0.15) is 0 Å². The molecule has 1 amide bonds. The Labute approximate surface area is 97.2 Å². The molecule has 5 nitrogen and oxygen atoms in total. The minimum absolute atomic E-state index is 0.0327. The second-order valence-corrected chi connectivity index (χ2v) is 6.64. The average molecular weight is 248 g/mol. The molecule has 0 aromatic carbocycles. The molecule has 0 atom stereocenters. The number of nitrogens with zero attached hydrogens (tertiary/aromatic N) is 1. The van der Waals surface area contributed by atoms with E-state index in [-0.39, 0.29) is 18.2 Å². The Hall–Kier alpha value is -0.620. The van der Waals surface area contributed by atoms with Gasteiger partial charge >= 0.3 is 0 Å². The molecule has 1 N–H and O–H groups in total. The van der Waals surface area contributed by atoms with Crippen LogP contribution in [0.2, 0.25) is 0 Å². The molecule has 1 aliphatic heterocycles. The largest absolute Gasteiger partial charge is 0.355 e. The maximum atomic E-state index is 11.6. The van der Waals surface area contributed by atoms with E-state index in [2.05, 4.69) is 5.32 Å². The van der Waals surface area contributed by atoms with Gasteiger partial charge in [0.25, 0.3) is 0 Å². The van der Waals surface area contributed by atoms with Gasteiger partial charge < -0.3 is 5.32 Å². The van der Waals surface area contributed by atoms with Crippen LogP contribution in [0.1, 0.15) is 26.7 Å². The predicted molar refractivity (Wildman–Crippen MR) is 62.4 cm³/mol. The maximum Gasteiger partial charge on any atom is 0.235 e. The monoisotopic (exact) mass is 248 g/mol. The van der Waals surface area contributed by atoms with E-state index in [1.165, 1.54) is 4.31 Å². The van der Waals surface area contributed by atoms with Crippen LogP contribution in [-0.2, 0) is 14.8 Å². The van der Waals surface area contributed by atoms with Gasteiger partial charge in [-0.25, -0.2) is 8.42 Å². The number of sulfonamides is 1. The molecule has 1 rings (SSSR count). The summed E-state index contributed by atoms with van der Waals surface area (Å²) < 4.78 is 24.5. The summed E-state index contributed by atoms with van der Waals surface area (Å²) in [5.41, 5.74) is 0. The lowest BCUT2D eigenvalue weighted by Gasteiger charge is -2.25. The van der Waals surface area contributed by atoms with Gasteiger partial charge in [-0.3, -0.25) is 4.79 Å². The first kappa shape index (κ1) is 13.4. The SMILES string of the molecule is CC(C)CNC(=O)CN1CCCCS1(=O)=O. The minimum atomic E-state index is -3.18. The van der Waals surface area contributed by atoms with Gasteiger partial charge in [-0.15, -0.1) is 0 Å². The summed E-state index contributed by atoms with van der Waals surface area (Å²) in [4.78, 5) is 11.5. The fraction of sp³-hybridized carbons (Fsp3) is 0.900. The molecule has 0 aromatic heterocycles. The van der Waals surface area contributed by atoms with Crippen molar-refractivity contribution >= 4 is 15.9 Å². The van der Waals surface area contributed by atoms with Gasteiger partial charge in [0.2, 0.25) is 15.9 Å². The zero-order valence-electron chi connectivity index (χ0n) is 9.90. The maximum absolute atomic E-state index is 11.6. The van der Waals surface area contributed by atoms with E-state index in [9.17, 15) is 13.2 Å². The zero-order chi connectivity index (χ0) is 12.2. The Bertz CT molecular complexity index is 338. The lowest BCUT2D eigenvalue weighted by atomic mass is 10.2. The number of carbonyl (C=O) groups is 1. The molecule has 1 aliphatic rings. The van der Waals surface area contributed by atoms with Crippen LogP contribution in [0.3, 0.4) is 0 Å². The summed E-state index contributed by atoms with van der Waals surface area (Å²) in [5.74, 6) is 0.339. The van der Waals surface area contributed by atoms with Crippen molar-refractivity contribution in [1.82, 2.24) is 9.62 Å². The second-order valence-electron chi connectivity index (χ2n) is 4.55. The Morgan fingerprint density at radius 1 is 1.38 bits per heavy atom. The molecule has 0 aliphatic carbocycles. The highest BCUT2D eigenvalue weighted by molar-refractivity contribution is 7.89. The summed E-state index contributed by atoms with van der Waals surface area (Å²) in [6, 6.07) is 0. The molecule has 0 aromatic rings. The number of rotatable bonds is 4. The van der Waals surface area contributed by atoms with Gasteiger partial charge in [-0.05, 0) is 18.8 Å². The molecule has 1 saturated heterocycles. The Morgan fingerprint density at radius 2 is 2.06 bits per heavy atom. The van der Waals surface area contributed by atoms with Crippen molar-refractivity contribution in [1.29, 1.82) is 0 Å². The van der Waals surface area contributed by atoms with Crippen molar-refractivity contribution < 1.29 is 13.2 Å². The van der Waals surface area contributed by atoms with Crippen LogP contribution in [0, 0.1) is 5.92 Å². The predicted octanol–water partition coefficient (Wildman–Crippen LogP) is 0.184. The number of carbonyl (C=O) groups excluding carboxylic acids is 1. The molecule has 1 fully saturated rings. The molecule has 0 unspecified atom stereocenters. The number of nitrogens with one attached hydrogen (secondary N) is 1. The molecule has 6 heteroatoms. The third-order valence-electron chi connectivity index (χ3n) is 2.48. The highest BCUT2D eigenvalue weighted by atomic mass is 32.2. The van der Waals surface area contributed by atoms with Crippen LogP contribution in [-0.4, -0.2) is 44.0 Å². The van der Waals surface area contributed by atoms with Gasteiger partial charge in [0.05, 0.1) is 12.3 Å². The normalized spacial score (nSPS) is 20.9. The van der Waals surface area contributed by atoms with Crippen molar-refractivity contribution in [3.05, 3.63) is 0 Å². The molecule has 16 heavy (non-hydrogen) atoms. The van der Waals surface area contributed by atoms with E-state index < -0.39 is 10.0 Å². The number of hydrogen-bond donors (Lipinski definition) is 1. The lowest BCUT2D eigenvalue weighted by molar-refractivity contribution is -0.121. The standard InChI is InChI=1S/C10H20N2O3S/c1-9(2)7-11-10(13)8-12-5-3-4-6-16(12,14)15/h9H,3-8H2,1-2H3,(H,11,13). The van der Waals surface area contributed by atoms with Gasteiger partial charge in [0, 0.05) is 13.1 Å². The fourth-order valence-corrected chi connectivity index (χ4v) is 3.10. The van der Waals surface area contributed by atoms with E-state index in [0.29, 0.717) is 25.4 Å². The number of hydrogen-bond acceptors (Lipinski definition) is 3. The summed E-state index contributed by atoms with van der Waals surface area (Å²) in [6.07, 6.45) is 1.54. The molecular formula is C10H20N2O3S. The summed E-state index contributed by atoms with van der Waals surface area (Å²) >= 11 is 0. The van der Waals surface area contributed by atoms with Crippen molar-refractivity contribution in [2.24, 2.45) is 5.92 Å². The van der Waals surface area contributed by atoms with Crippen LogP contribution < -0.4 is 5.32 Å². The Morgan fingerprint density at radius 3 is 2.62 bits per heavy atom. The van der Waals surface area contributed by atoms with E-state index in [1.807, 2.05) is 13.8 Å². The van der Waals surface area contributed by atoms with Crippen LogP contribution in [0.15, 0.2) is 0 Å². The molecule has 0 saturated carbocycles. The third-order valence-corrected chi connectivity index (χ3v) is 4.38. The van der Waals surface area contributed by atoms with E-state index in [4.69, 9.17) is 0 Å². The zero-order valence-corrected chi connectivity index (χ0v) is 10.7. The van der Waals surface area contributed by atoms with Crippen LogP contribution in [0.25, 0.3) is 0 Å². The van der Waals surface area contributed by atoms with Crippen molar-refractivity contribution in [2.45, 2.75) is 26.7 Å². The fourth-order valence-electron chi connectivity index (χ4n) is 1.55. The van der Waals surface area contributed by atoms with Crippen LogP contribution in [0.4, 0.5) is 0 Å². The van der Waals surface area contributed by atoms with E-state index >= 15 is 0 Å². The molecular weight excluding hydrogens is 228 g/mol. The van der Waals surface area contributed by atoms with E-state index in [0.717, 1.165) is 6.42 Å². The molecule has 94 valence electrons. The van der Waals surface area contributed by atoms with Crippen molar-refractivity contribution in [2.75, 3.05) is 25.4 Å². The van der Waals surface area contributed by atoms with Crippen molar-refractivity contribution in [3.8, 4) is 0 Å². The summed E-state index contributed by atoms with van der Waals surface area (Å²) in [5, 5.41) is 2.72. The second kappa shape index (κ2) is 5.63. The van der Waals surface area contributed by atoms with Crippen molar-refractivity contribution in [3.63, 3.8) is 0 Å². The van der Waals surface area contributed by atoms with Crippen LogP contribution >= 0.6 is 0 Å². The number of amides is 1. The van der Waals surface area contributed by atoms with Gasteiger partial charge in [-0.2, -0.15) is 4.31 Å².